The fourth-order valence-electron chi connectivity index (χ4n) is 2.00. The van der Waals surface area contributed by atoms with E-state index >= 15 is 0 Å². The molecule has 0 aliphatic carbocycles. The Hall–Kier alpha value is -1.23. The molecule has 4 nitrogen and oxygen atoms in total. The number of halogens is 1. The van der Waals surface area contributed by atoms with Crippen molar-refractivity contribution in [3.63, 3.8) is 0 Å². The van der Waals surface area contributed by atoms with E-state index in [2.05, 4.69) is 64.4 Å². The molecule has 0 unspecified atom stereocenters. The topological polar surface area (TPSA) is 43.6 Å². The first-order valence-corrected chi connectivity index (χ1v) is 6.47. The summed E-state index contributed by atoms with van der Waals surface area (Å²) in [6.45, 7) is 6.27. The smallest absolute Gasteiger partial charge is 0.156 e. The predicted octanol–water partition coefficient (Wildman–Crippen LogP) is 2.99. The molecule has 0 radical (unpaired) electrons. The summed E-state index contributed by atoms with van der Waals surface area (Å²) in [4.78, 5) is 0. The van der Waals surface area contributed by atoms with E-state index in [1.54, 1.807) is 0 Å². The van der Waals surface area contributed by atoms with Crippen molar-refractivity contribution in [3.05, 3.63) is 33.6 Å². The van der Waals surface area contributed by atoms with Crippen LogP contribution in [0.2, 0.25) is 0 Å². The molecule has 1 aromatic carbocycles. The number of benzene rings is 1. The first-order chi connectivity index (χ1) is 8.13. The van der Waals surface area contributed by atoms with E-state index in [0.717, 1.165) is 28.8 Å². The summed E-state index contributed by atoms with van der Waals surface area (Å²) in [6.07, 6.45) is 1.93. The summed E-state index contributed by atoms with van der Waals surface area (Å²) in [5.41, 5.74) is 3.42. The first kappa shape index (κ1) is 12.2. The fraction of sp³-hybridized carbons (Fsp3) is 0.417. The van der Waals surface area contributed by atoms with Crippen molar-refractivity contribution in [2.75, 3.05) is 0 Å². The van der Waals surface area contributed by atoms with Gasteiger partial charge >= 0.3 is 0 Å². The van der Waals surface area contributed by atoms with Gasteiger partial charge < -0.3 is 0 Å². The van der Waals surface area contributed by atoms with Crippen molar-refractivity contribution < 1.29 is 0 Å². The maximum absolute atomic E-state index is 4.10. The fourth-order valence-corrected chi connectivity index (χ4v) is 2.68. The summed E-state index contributed by atoms with van der Waals surface area (Å²) >= 11 is 3.50. The Morgan fingerprint density at radius 2 is 1.88 bits per heavy atom. The minimum Gasteiger partial charge on any atom is -0.197 e. The van der Waals surface area contributed by atoms with Gasteiger partial charge in [-0.25, -0.2) is 0 Å². The molecule has 0 saturated heterocycles. The van der Waals surface area contributed by atoms with Crippen LogP contribution in [0.25, 0.3) is 5.69 Å². The number of hydrogen-bond acceptors (Lipinski definition) is 3. The summed E-state index contributed by atoms with van der Waals surface area (Å²) < 4.78 is 2.93. The van der Waals surface area contributed by atoms with Gasteiger partial charge in [-0.3, -0.25) is 0 Å². The summed E-state index contributed by atoms with van der Waals surface area (Å²) in [7, 11) is 0. The van der Waals surface area contributed by atoms with Crippen LogP contribution in [0.4, 0.5) is 0 Å². The Bertz CT molecular complexity index is 510. The zero-order valence-electron chi connectivity index (χ0n) is 10.2. The maximum Gasteiger partial charge on any atom is 0.156 e. The van der Waals surface area contributed by atoms with Crippen LogP contribution in [0.15, 0.2) is 16.6 Å². The zero-order valence-corrected chi connectivity index (χ0v) is 11.8. The van der Waals surface area contributed by atoms with Crippen LogP contribution in [0.5, 0.6) is 0 Å². The second-order valence-corrected chi connectivity index (χ2v) is 5.06. The quantitative estimate of drug-likeness (QED) is 0.874. The molecule has 2 rings (SSSR count). The largest absolute Gasteiger partial charge is 0.197 e. The normalized spacial score (nSPS) is 10.8. The number of aryl methyl sites for hydroxylation is 3. The highest BCUT2D eigenvalue weighted by molar-refractivity contribution is 9.10. The lowest BCUT2D eigenvalue weighted by molar-refractivity contribution is 0.738. The van der Waals surface area contributed by atoms with Crippen LogP contribution >= 0.6 is 15.9 Å². The summed E-state index contributed by atoms with van der Waals surface area (Å²) in [6, 6.07) is 4.17. The van der Waals surface area contributed by atoms with Gasteiger partial charge in [0, 0.05) is 10.9 Å². The van der Waals surface area contributed by atoms with E-state index in [1.165, 1.54) is 11.1 Å². The molecule has 1 heterocycles. The second-order valence-electron chi connectivity index (χ2n) is 4.15. The third-order valence-electron chi connectivity index (χ3n) is 2.68. The van der Waals surface area contributed by atoms with Crippen LogP contribution < -0.4 is 0 Å². The molecule has 0 aliphatic rings. The van der Waals surface area contributed by atoms with E-state index in [4.69, 9.17) is 0 Å². The highest BCUT2D eigenvalue weighted by Gasteiger charge is 2.12. The number of rotatable bonds is 3. The monoisotopic (exact) mass is 294 g/mol. The van der Waals surface area contributed by atoms with Crippen molar-refractivity contribution in [2.45, 2.75) is 33.6 Å². The lowest BCUT2D eigenvalue weighted by Crippen LogP contribution is -2.07. The number of hydrogen-bond donors (Lipinski definition) is 0. The molecule has 0 aliphatic heterocycles. The lowest BCUT2D eigenvalue weighted by atomic mass is 10.1. The van der Waals surface area contributed by atoms with Gasteiger partial charge in [0.15, 0.2) is 5.82 Å². The van der Waals surface area contributed by atoms with Gasteiger partial charge in [0.2, 0.25) is 0 Å². The Balaban J connectivity index is 2.56. The molecule has 0 amide bonds. The standard InChI is InChI=1S/C12H15BrN4/c1-4-5-11-14-15-16-17(11)12-8(2)6-10(13)7-9(12)3/h6-7H,4-5H2,1-3H3. The van der Waals surface area contributed by atoms with Gasteiger partial charge in [-0.2, -0.15) is 4.68 Å². The first-order valence-electron chi connectivity index (χ1n) is 5.68. The molecule has 0 fully saturated rings. The molecule has 90 valence electrons. The van der Waals surface area contributed by atoms with Crippen LogP contribution in [-0.2, 0) is 6.42 Å². The molecule has 0 saturated carbocycles. The van der Waals surface area contributed by atoms with E-state index in [1.807, 2.05) is 4.68 Å². The number of tetrazole rings is 1. The van der Waals surface area contributed by atoms with E-state index < -0.39 is 0 Å². The average Bonchev–Trinajstić information content (AvgIpc) is 2.65. The minimum absolute atomic E-state index is 0.891. The molecule has 17 heavy (non-hydrogen) atoms. The van der Waals surface area contributed by atoms with E-state index in [9.17, 15) is 0 Å². The van der Waals surface area contributed by atoms with Crippen LogP contribution in [0, 0.1) is 13.8 Å². The minimum atomic E-state index is 0.891. The van der Waals surface area contributed by atoms with Crippen molar-refractivity contribution in [2.24, 2.45) is 0 Å². The predicted molar refractivity (Wildman–Crippen MR) is 70.3 cm³/mol. The van der Waals surface area contributed by atoms with E-state index in [0.29, 0.717) is 0 Å². The zero-order chi connectivity index (χ0) is 12.4. The van der Waals surface area contributed by atoms with Crippen molar-refractivity contribution in [3.8, 4) is 5.69 Å². The summed E-state index contributed by atoms with van der Waals surface area (Å²) in [5.74, 6) is 0.918. The molecule has 0 N–H and O–H groups in total. The highest BCUT2D eigenvalue weighted by Crippen LogP contribution is 2.24. The molecule has 5 heteroatoms. The molecular formula is C12H15BrN4. The maximum atomic E-state index is 4.10. The van der Waals surface area contributed by atoms with Gasteiger partial charge in [-0.1, -0.05) is 22.9 Å². The molecule has 2 aromatic rings. The lowest BCUT2D eigenvalue weighted by Gasteiger charge is -2.11. The SMILES string of the molecule is CCCc1nnnn1-c1c(C)cc(Br)cc1C. The number of aromatic nitrogens is 4. The van der Waals surface area contributed by atoms with Gasteiger partial charge in [-0.15, -0.1) is 5.10 Å². The molecule has 0 spiro atoms. The Morgan fingerprint density at radius 1 is 1.24 bits per heavy atom. The van der Waals surface area contributed by atoms with Crippen molar-refractivity contribution in [1.82, 2.24) is 20.2 Å². The molecule has 0 atom stereocenters. The third kappa shape index (κ3) is 2.39. The third-order valence-corrected chi connectivity index (χ3v) is 3.13. The average molecular weight is 295 g/mol. The van der Waals surface area contributed by atoms with Gasteiger partial charge in [-0.05, 0) is 54.0 Å². The molecule has 1 aromatic heterocycles. The van der Waals surface area contributed by atoms with Crippen LogP contribution in [0.3, 0.4) is 0 Å². The van der Waals surface area contributed by atoms with Crippen LogP contribution in [-0.4, -0.2) is 20.2 Å². The molecular weight excluding hydrogens is 280 g/mol. The Labute approximate surface area is 109 Å². The Morgan fingerprint density at radius 3 is 2.47 bits per heavy atom. The Kier molecular flexibility index (Phi) is 3.57. The highest BCUT2D eigenvalue weighted by atomic mass is 79.9. The van der Waals surface area contributed by atoms with E-state index in [-0.39, 0.29) is 0 Å². The van der Waals surface area contributed by atoms with Crippen molar-refractivity contribution >= 4 is 15.9 Å². The van der Waals surface area contributed by atoms with Crippen LogP contribution in [0.1, 0.15) is 30.3 Å². The van der Waals surface area contributed by atoms with Gasteiger partial charge in [0.05, 0.1) is 5.69 Å². The number of nitrogens with zero attached hydrogens (tertiary/aromatic N) is 4. The van der Waals surface area contributed by atoms with Gasteiger partial charge in [0.25, 0.3) is 0 Å². The molecule has 0 bridgehead atoms. The van der Waals surface area contributed by atoms with Crippen molar-refractivity contribution in [1.29, 1.82) is 0 Å². The second kappa shape index (κ2) is 4.96. The summed E-state index contributed by atoms with van der Waals surface area (Å²) in [5, 5.41) is 11.9. The van der Waals surface area contributed by atoms with Gasteiger partial charge in [0.1, 0.15) is 0 Å².